The van der Waals surface area contributed by atoms with E-state index in [1.54, 1.807) is 69.3 Å². The molecule has 174 valence electrons. The predicted molar refractivity (Wildman–Crippen MR) is 125 cm³/mol. The molecule has 0 saturated carbocycles. The smallest absolute Gasteiger partial charge is 0.251 e. The zero-order valence-corrected chi connectivity index (χ0v) is 20.1. The molecule has 0 bridgehead atoms. The molecule has 0 spiro atoms. The molecule has 1 aliphatic heterocycles. The summed E-state index contributed by atoms with van der Waals surface area (Å²) in [6.07, 6.45) is 0.565. The van der Waals surface area contributed by atoms with E-state index in [1.807, 2.05) is 0 Å². The molecule has 2 aromatic rings. The minimum Gasteiger partial charge on any atom is -0.346 e. The van der Waals surface area contributed by atoms with Crippen LogP contribution < -0.4 is 9.62 Å². The second-order valence-corrected chi connectivity index (χ2v) is 11.6. The van der Waals surface area contributed by atoms with Crippen molar-refractivity contribution in [2.75, 3.05) is 29.7 Å². The quantitative estimate of drug-likeness (QED) is 0.627. The van der Waals surface area contributed by atoms with Gasteiger partial charge < -0.3 is 5.32 Å². The number of hydrogen-bond acceptors (Lipinski definition) is 5. The number of hydrogen-bond donors (Lipinski definition) is 1. The minimum atomic E-state index is -3.54. The first-order chi connectivity index (χ1) is 15.1. The van der Waals surface area contributed by atoms with Crippen LogP contribution in [0.2, 0.25) is 0 Å². The zero-order valence-electron chi connectivity index (χ0n) is 18.5. The van der Waals surface area contributed by atoms with E-state index in [9.17, 15) is 21.6 Å². The molecule has 1 atom stereocenters. The van der Waals surface area contributed by atoms with Gasteiger partial charge in [0.25, 0.3) is 5.91 Å². The lowest BCUT2D eigenvalue weighted by molar-refractivity contribution is 0.0940. The largest absolute Gasteiger partial charge is 0.346 e. The molecule has 1 amide bonds. The monoisotopic (exact) mass is 479 g/mol. The van der Waals surface area contributed by atoms with E-state index in [0.717, 1.165) is 5.56 Å². The van der Waals surface area contributed by atoms with Crippen LogP contribution >= 0.6 is 0 Å². The van der Waals surface area contributed by atoms with E-state index in [2.05, 4.69) is 5.32 Å². The number of rotatable bonds is 8. The SMILES string of the molecule is CCN(CC)S(=O)(=O)c1ccc(C(C)NC(=O)c2cccc(N3CCCS3(=O)=O)c2)cc1. The Morgan fingerprint density at radius 3 is 2.34 bits per heavy atom. The van der Waals surface area contributed by atoms with Gasteiger partial charge in [-0.2, -0.15) is 4.31 Å². The first kappa shape index (κ1) is 24.2. The Morgan fingerprint density at radius 1 is 1.12 bits per heavy atom. The molecule has 1 saturated heterocycles. The minimum absolute atomic E-state index is 0.112. The zero-order chi connectivity index (χ0) is 23.5. The summed E-state index contributed by atoms with van der Waals surface area (Å²) in [7, 11) is -6.87. The Hall–Kier alpha value is -2.43. The second kappa shape index (κ2) is 9.60. The molecular weight excluding hydrogens is 450 g/mol. The Kier molecular flexibility index (Phi) is 7.26. The number of nitrogens with zero attached hydrogens (tertiary/aromatic N) is 2. The van der Waals surface area contributed by atoms with E-state index < -0.39 is 20.0 Å². The average molecular weight is 480 g/mol. The third-order valence-electron chi connectivity index (χ3n) is 5.57. The normalized spacial score (nSPS) is 16.8. The van der Waals surface area contributed by atoms with Crippen LogP contribution in [0.3, 0.4) is 0 Å². The van der Waals surface area contributed by atoms with Gasteiger partial charge in [0.2, 0.25) is 20.0 Å². The molecule has 0 radical (unpaired) electrons. The molecule has 0 aromatic heterocycles. The van der Waals surface area contributed by atoms with E-state index in [-0.39, 0.29) is 22.6 Å². The Bertz CT molecular complexity index is 1170. The van der Waals surface area contributed by atoms with Gasteiger partial charge in [-0.1, -0.05) is 32.0 Å². The van der Waals surface area contributed by atoms with Gasteiger partial charge in [0.1, 0.15) is 0 Å². The fraction of sp³-hybridized carbons (Fsp3) is 0.409. The van der Waals surface area contributed by atoms with Gasteiger partial charge in [-0.05, 0) is 49.2 Å². The lowest BCUT2D eigenvalue weighted by Gasteiger charge is -2.20. The molecule has 32 heavy (non-hydrogen) atoms. The van der Waals surface area contributed by atoms with Crippen molar-refractivity contribution in [3.8, 4) is 0 Å². The summed E-state index contributed by atoms with van der Waals surface area (Å²) >= 11 is 0. The van der Waals surface area contributed by atoms with E-state index in [0.29, 0.717) is 37.3 Å². The summed E-state index contributed by atoms with van der Waals surface area (Å²) in [5, 5.41) is 2.89. The molecule has 3 rings (SSSR count). The second-order valence-electron chi connectivity index (χ2n) is 7.65. The van der Waals surface area contributed by atoms with Crippen molar-refractivity contribution in [2.24, 2.45) is 0 Å². The highest BCUT2D eigenvalue weighted by atomic mass is 32.2. The molecule has 8 nitrogen and oxygen atoms in total. The van der Waals surface area contributed by atoms with Gasteiger partial charge in [0.15, 0.2) is 0 Å². The van der Waals surface area contributed by atoms with Gasteiger partial charge in [0.05, 0.1) is 22.4 Å². The summed E-state index contributed by atoms with van der Waals surface area (Å²) < 4.78 is 52.3. The van der Waals surface area contributed by atoms with Crippen LogP contribution in [0.5, 0.6) is 0 Å². The number of sulfonamides is 2. The number of anilines is 1. The summed E-state index contributed by atoms with van der Waals surface area (Å²) in [4.78, 5) is 13.0. The topological polar surface area (TPSA) is 104 Å². The van der Waals surface area contributed by atoms with E-state index >= 15 is 0 Å². The van der Waals surface area contributed by atoms with Crippen LogP contribution in [-0.4, -0.2) is 52.4 Å². The maximum atomic E-state index is 12.8. The lowest BCUT2D eigenvalue weighted by Crippen LogP contribution is -2.30. The third kappa shape index (κ3) is 4.97. The first-order valence-electron chi connectivity index (χ1n) is 10.6. The Morgan fingerprint density at radius 2 is 1.78 bits per heavy atom. The maximum Gasteiger partial charge on any atom is 0.251 e. The molecule has 1 fully saturated rings. The number of carbonyl (C=O) groups excluding carboxylic acids is 1. The van der Waals surface area contributed by atoms with Crippen molar-refractivity contribution in [1.82, 2.24) is 9.62 Å². The number of amides is 1. The fourth-order valence-electron chi connectivity index (χ4n) is 3.74. The molecule has 2 aromatic carbocycles. The van der Waals surface area contributed by atoms with Crippen LogP contribution in [-0.2, 0) is 20.0 Å². The highest BCUT2D eigenvalue weighted by molar-refractivity contribution is 7.93. The van der Waals surface area contributed by atoms with Crippen LogP contribution in [0, 0.1) is 0 Å². The van der Waals surface area contributed by atoms with Crippen molar-refractivity contribution in [2.45, 2.75) is 38.1 Å². The van der Waals surface area contributed by atoms with Crippen molar-refractivity contribution in [1.29, 1.82) is 0 Å². The Labute approximate surface area is 190 Å². The van der Waals surface area contributed by atoms with Gasteiger partial charge in [-0.15, -0.1) is 0 Å². The van der Waals surface area contributed by atoms with Crippen molar-refractivity contribution in [3.05, 3.63) is 59.7 Å². The molecular formula is C22H29N3O5S2. The van der Waals surface area contributed by atoms with Crippen LogP contribution in [0.25, 0.3) is 0 Å². The van der Waals surface area contributed by atoms with Gasteiger partial charge >= 0.3 is 0 Å². The van der Waals surface area contributed by atoms with Crippen LogP contribution in [0.1, 0.15) is 49.2 Å². The third-order valence-corrected chi connectivity index (χ3v) is 9.50. The summed E-state index contributed by atoms with van der Waals surface area (Å²) in [5.41, 5.74) is 1.60. The summed E-state index contributed by atoms with van der Waals surface area (Å²) in [5.74, 6) is -0.226. The molecule has 1 N–H and O–H groups in total. The van der Waals surface area contributed by atoms with E-state index in [4.69, 9.17) is 0 Å². The van der Waals surface area contributed by atoms with Crippen molar-refractivity contribution < 1.29 is 21.6 Å². The summed E-state index contributed by atoms with van der Waals surface area (Å²) in [6.45, 7) is 6.59. The lowest BCUT2D eigenvalue weighted by atomic mass is 10.1. The maximum absolute atomic E-state index is 12.8. The first-order valence-corrected chi connectivity index (χ1v) is 13.7. The predicted octanol–water partition coefficient (Wildman–Crippen LogP) is 2.75. The summed E-state index contributed by atoms with van der Waals surface area (Å²) in [6, 6.07) is 12.6. The molecule has 10 heteroatoms. The highest BCUT2D eigenvalue weighted by Crippen LogP contribution is 2.25. The van der Waals surface area contributed by atoms with Gasteiger partial charge in [0, 0.05) is 25.2 Å². The van der Waals surface area contributed by atoms with Gasteiger partial charge in [-0.3, -0.25) is 9.10 Å². The average Bonchev–Trinajstić information content (AvgIpc) is 3.13. The fourth-order valence-corrected chi connectivity index (χ4v) is 6.75. The van der Waals surface area contributed by atoms with Crippen molar-refractivity contribution >= 4 is 31.6 Å². The number of nitrogens with one attached hydrogen (secondary N) is 1. The van der Waals surface area contributed by atoms with Crippen molar-refractivity contribution in [3.63, 3.8) is 0 Å². The Balaban J connectivity index is 1.73. The molecule has 1 aliphatic rings. The molecule has 1 unspecified atom stereocenters. The van der Waals surface area contributed by atoms with E-state index in [1.165, 1.54) is 8.61 Å². The number of benzene rings is 2. The highest BCUT2D eigenvalue weighted by Gasteiger charge is 2.29. The molecule has 1 heterocycles. The van der Waals surface area contributed by atoms with Crippen LogP contribution in [0.15, 0.2) is 53.4 Å². The standard InChI is InChI=1S/C22H29N3O5S2/c1-4-24(5-2)32(29,30)21-12-10-18(11-13-21)17(3)23-22(26)19-8-6-9-20(16-19)25-14-7-15-31(25,27)28/h6,8-13,16-17H,4-5,7,14-15H2,1-3H3,(H,23,26). The van der Waals surface area contributed by atoms with Crippen LogP contribution in [0.4, 0.5) is 5.69 Å². The molecule has 0 aliphatic carbocycles. The van der Waals surface area contributed by atoms with Gasteiger partial charge in [-0.25, -0.2) is 16.8 Å². The number of carbonyl (C=O) groups is 1.